The van der Waals surface area contributed by atoms with Gasteiger partial charge in [-0.1, -0.05) is 6.07 Å². The van der Waals surface area contributed by atoms with Crippen LogP contribution in [0.5, 0.6) is 0 Å². The van der Waals surface area contributed by atoms with E-state index in [1.807, 2.05) is 11.3 Å². The lowest BCUT2D eigenvalue weighted by Crippen LogP contribution is -2.45. The molecule has 1 aliphatic heterocycles. The summed E-state index contributed by atoms with van der Waals surface area (Å²) in [5.74, 6) is 0. The van der Waals surface area contributed by atoms with Crippen LogP contribution in [0.15, 0.2) is 17.5 Å². The van der Waals surface area contributed by atoms with Gasteiger partial charge in [0.25, 0.3) is 0 Å². The molecular weight excluding hydrogens is 300 g/mol. The van der Waals surface area contributed by atoms with Crippen LogP contribution < -0.4 is 5.32 Å². The smallest absolute Gasteiger partial charge is 0.0702 e. The molecule has 1 fully saturated rings. The van der Waals surface area contributed by atoms with Gasteiger partial charge in [-0.05, 0) is 79.4 Å². The number of benzene rings is 1. The maximum absolute atomic E-state index is 3.49. The molecule has 124 valence electrons. The summed E-state index contributed by atoms with van der Waals surface area (Å²) in [6, 6.07) is 4.89. The summed E-state index contributed by atoms with van der Waals surface area (Å²) < 4.78 is 0. The van der Waals surface area contributed by atoms with Gasteiger partial charge in [-0.25, -0.2) is 0 Å². The van der Waals surface area contributed by atoms with E-state index in [0.29, 0.717) is 6.04 Å². The third-order valence-electron chi connectivity index (χ3n) is 5.66. The molecule has 2 heterocycles. The summed E-state index contributed by atoms with van der Waals surface area (Å²) in [4.78, 5) is 4.13. The second-order valence-corrected chi connectivity index (χ2v) is 7.72. The minimum Gasteiger partial charge on any atom is -0.314 e. The molecule has 2 aromatic rings. The van der Waals surface area contributed by atoms with E-state index in [9.17, 15) is 0 Å². The van der Waals surface area contributed by atoms with Gasteiger partial charge in [0.2, 0.25) is 0 Å². The summed E-state index contributed by atoms with van der Waals surface area (Å²) in [6.45, 7) is 15.9. The first-order valence-corrected chi connectivity index (χ1v) is 9.45. The fourth-order valence-electron chi connectivity index (χ4n) is 3.83. The van der Waals surface area contributed by atoms with Gasteiger partial charge in [0.05, 0.1) is 6.04 Å². The highest BCUT2D eigenvalue weighted by atomic mass is 32.1. The Morgan fingerprint density at radius 1 is 0.913 bits per heavy atom. The molecule has 0 aliphatic carbocycles. The van der Waals surface area contributed by atoms with Crippen LogP contribution in [-0.2, 0) is 0 Å². The normalized spacial score (nSPS) is 17.4. The molecule has 0 spiro atoms. The van der Waals surface area contributed by atoms with E-state index in [1.165, 1.54) is 38.3 Å². The van der Waals surface area contributed by atoms with Crippen molar-refractivity contribution in [2.24, 2.45) is 0 Å². The highest BCUT2D eigenvalue weighted by Crippen LogP contribution is 2.38. The molecule has 0 amide bonds. The average molecular weight is 329 g/mol. The Bertz CT molecular complexity index is 653. The highest BCUT2D eigenvalue weighted by molar-refractivity contribution is 7.10. The Morgan fingerprint density at radius 2 is 1.48 bits per heavy atom. The molecule has 1 N–H and O–H groups in total. The van der Waals surface area contributed by atoms with Crippen molar-refractivity contribution in [3.8, 4) is 0 Å². The number of hydrogen-bond acceptors (Lipinski definition) is 3. The molecule has 3 heteroatoms. The van der Waals surface area contributed by atoms with E-state index in [0.717, 1.165) is 26.2 Å². The first-order valence-electron chi connectivity index (χ1n) is 8.57. The zero-order valence-electron chi connectivity index (χ0n) is 15.0. The van der Waals surface area contributed by atoms with Crippen molar-refractivity contribution >= 4 is 11.3 Å². The zero-order chi connectivity index (χ0) is 16.6. The Kier molecular flexibility index (Phi) is 4.90. The molecule has 0 bridgehead atoms. The van der Waals surface area contributed by atoms with Crippen molar-refractivity contribution in [3.05, 3.63) is 55.8 Å². The summed E-state index contributed by atoms with van der Waals surface area (Å²) >= 11 is 1.89. The molecule has 2 nitrogen and oxygen atoms in total. The van der Waals surface area contributed by atoms with Gasteiger partial charge in [-0.3, -0.25) is 4.90 Å². The van der Waals surface area contributed by atoms with Crippen molar-refractivity contribution in [2.75, 3.05) is 26.2 Å². The highest BCUT2D eigenvalue weighted by Gasteiger charge is 2.28. The number of nitrogens with one attached hydrogen (secondary N) is 1. The third-order valence-corrected chi connectivity index (χ3v) is 6.59. The van der Waals surface area contributed by atoms with E-state index in [1.54, 1.807) is 0 Å². The average Bonchev–Trinajstić information content (AvgIpc) is 3.10. The molecule has 1 atom stereocenters. The second kappa shape index (κ2) is 6.76. The van der Waals surface area contributed by atoms with Gasteiger partial charge in [0, 0.05) is 31.1 Å². The predicted molar refractivity (Wildman–Crippen MR) is 101 cm³/mol. The number of nitrogens with zero attached hydrogens (tertiary/aromatic N) is 1. The minimum atomic E-state index is 0.398. The molecule has 0 unspecified atom stereocenters. The number of thiophene rings is 1. The van der Waals surface area contributed by atoms with Crippen LogP contribution in [0.3, 0.4) is 0 Å². The van der Waals surface area contributed by atoms with E-state index < -0.39 is 0 Å². The predicted octanol–water partition coefficient (Wildman–Crippen LogP) is 4.28. The second-order valence-electron chi connectivity index (χ2n) is 6.74. The van der Waals surface area contributed by atoms with Crippen LogP contribution in [0.25, 0.3) is 0 Å². The topological polar surface area (TPSA) is 15.3 Å². The SMILES string of the molecule is Cc1c(C)c(C)c([C@H](c2cccs2)N2CCNCC2)c(C)c1C. The lowest BCUT2D eigenvalue weighted by atomic mass is 9.85. The molecule has 0 radical (unpaired) electrons. The van der Waals surface area contributed by atoms with Gasteiger partial charge in [-0.15, -0.1) is 11.3 Å². The van der Waals surface area contributed by atoms with Crippen molar-refractivity contribution in [2.45, 2.75) is 40.7 Å². The zero-order valence-corrected chi connectivity index (χ0v) is 15.8. The van der Waals surface area contributed by atoms with Crippen molar-refractivity contribution in [1.29, 1.82) is 0 Å². The van der Waals surface area contributed by atoms with Crippen LogP contribution in [-0.4, -0.2) is 31.1 Å². The van der Waals surface area contributed by atoms with Crippen molar-refractivity contribution in [3.63, 3.8) is 0 Å². The molecule has 1 saturated heterocycles. The van der Waals surface area contributed by atoms with Crippen LogP contribution in [0.4, 0.5) is 0 Å². The molecule has 1 aromatic heterocycles. The van der Waals surface area contributed by atoms with Crippen LogP contribution in [0, 0.1) is 34.6 Å². The molecule has 1 aliphatic rings. The fourth-order valence-corrected chi connectivity index (χ4v) is 4.70. The summed E-state index contributed by atoms with van der Waals surface area (Å²) in [6.07, 6.45) is 0. The quantitative estimate of drug-likeness (QED) is 0.904. The lowest BCUT2D eigenvalue weighted by Gasteiger charge is -2.37. The first-order chi connectivity index (χ1) is 11.0. The minimum absolute atomic E-state index is 0.398. The number of rotatable bonds is 3. The lowest BCUT2D eigenvalue weighted by molar-refractivity contribution is 0.199. The first kappa shape index (κ1) is 16.7. The summed E-state index contributed by atoms with van der Waals surface area (Å²) in [5.41, 5.74) is 8.86. The van der Waals surface area contributed by atoms with E-state index in [-0.39, 0.29) is 0 Å². The molecule has 0 saturated carbocycles. The maximum Gasteiger partial charge on any atom is 0.0702 e. The Morgan fingerprint density at radius 3 is 2.00 bits per heavy atom. The van der Waals surface area contributed by atoms with E-state index >= 15 is 0 Å². The third kappa shape index (κ3) is 2.98. The van der Waals surface area contributed by atoms with Gasteiger partial charge in [0.1, 0.15) is 0 Å². The molecule has 3 rings (SSSR count). The molecular formula is C20H28N2S. The fraction of sp³-hybridized carbons (Fsp3) is 0.500. The van der Waals surface area contributed by atoms with E-state index in [2.05, 4.69) is 62.3 Å². The van der Waals surface area contributed by atoms with E-state index in [4.69, 9.17) is 0 Å². The largest absolute Gasteiger partial charge is 0.314 e. The van der Waals surface area contributed by atoms with Gasteiger partial charge in [-0.2, -0.15) is 0 Å². The molecule has 1 aromatic carbocycles. The van der Waals surface area contributed by atoms with Crippen molar-refractivity contribution in [1.82, 2.24) is 10.2 Å². The Hall–Kier alpha value is -1.16. The van der Waals surface area contributed by atoms with Crippen LogP contribution in [0.2, 0.25) is 0 Å². The monoisotopic (exact) mass is 328 g/mol. The van der Waals surface area contributed by atoms with Crippen LogP contribution in [0.1, 0.15) is 44.3 Å². The van der Waals surface area contributed by atoms with Gasteiger partial charge in [0.15, 0.2) is 0 Å². The Labute approximate surface area is 144 Å². The summed E-state index contributed by atoms with van der Waals surface area (Å²) in [5, 5.41) is 5.70. The van der Waals surface area contributed by atoms with Gasteiger partial charge < -0.3 is 5.32 Å². The standard InChI is InChI=1S/C20H28N2S/c1-13-14(2)16(4)19(17(5)15(13)3)20(18-7-6-12-23-18)22-10-8-21-9-11-22/h6-7,12,20-21H,8-11H2,1-5H3/t20-/m0/s1. The van der Waals surface area contributed by atoms with Crippen LogP contribution >= 0.6 is 11.3 Å². The van der Waals surface area contributed by atoms with Crippen molar-refractivity contribution < 1.29 is 0 Å². The van der Waals surface area contributed by atoms with Gasteiger partial charge >= 0.3 is 0 Å². The molecule has 23 heavy (non-hydrogen) atoms. The Balaban J connectivity index is 2.18. The summed E-state index contributed by atoms with van der Waals surface area (Å²) in [7, 11) is 0. The number of hydrogen-bond donors (Lipinski definition) is 1. The maximum atomic E-state index is 3.49. The number of piperazine rings is 1.